The number of hydrogen-bond donors (Lipinski definition) is 0. The van der Waals surface area contributed by atoms with Gasteiger partial charge in [0, 0.05) is 23.7 Å². The molecular weight excluding hydrogens is 234 g/mol. The summed E-state index contributed by atoms with van der Waals surface area (Å²) >= 11 is 0. The predicted octanol–water partition coefficient (Wildman–Crippen LogP) is 3.56. The second kappa shape index (κ2) is 5.19. The van der Waals surface area contributed by atoms with Crippen LogP contribution in [0.25, 0.3) is 11.3 Å². The second-order valence-corrected chi connectivity index (χ2v) is 4.36. The van der Waals surface area contributed by atoms with Crippen LogP contribution >= 0.6 is 0 Å². The molecule has 1 aliphatic carbocycles. The second-order valence-electron chi connectivity index (χ2n) is 4.36. The molecule has 3 rings (SSSR count). The normalized spacial score (nSPS) is 10.9. The molecule has 0 saturated carbocycles. The summed E-state index contributed by atoms with van der Waals surface area (Å²) in [5.74, 6) is 0.752. The quantitative estimate of drug-likeness (QED) is 0.613. The maximum Gasteiger partial charge on any atom is 0.125 e. The van der Waals surface area contributed by atoms with Crippen LogP contribution in [0, 0.1) is 25.2 Å². The Hall–Kier alpha value is -2.21. The molecule has 0 N–H and O–H groups in total. The fourth-order valence-corrected chi connectivity index (χ4v) is 2.37. The average molecular weight is 251 g/mol. The fourth-order valence-electron chi connectivity index (χ4n) is 2.37. The minimum absolute atomic E-state index is 0.711. The van der Waals surface area contributed by atoms with Gasteiger partial charge in [-0.05, 0) is 31.0 Å². The summed E-state index contributed by atoms with van der Waals surface area (Å²) in [7, 11) is 0. The summed E-state index contributed by atoms with van der Waals surface area (Å²) in [6, 6.07) is 6.13. The fraction of sp³-hybridized carbons (Fsp3) is 0.312. The van der Waals surface area contributed by atoms with Gasteiger partial charge in [0.2, 0.25) is 0 Å². The zero-order valence-electron chi connectivity index (χ0n) is 11.8. The smallest absolute Gasteiger partial charge is 0.125 e. The van der Waals surface area contributed by atoms with Crippen molar-refractivity contribution in [2.24, 2.45) is 0 Å². The van der Waals surface area contributed by atoms with Gasteiger partial charge in [-0.3, -0.25) is 0 Å². The van der Waals surface area contributed by atoms with E-state index in [1.54, 1.807) is 0 Å². The van der Waals surface area contributed by atoms with Crippen LogP contribution in [0.1, 0.15) is 41.9 Å². The number of fused-ring (bicyclic) bond motifs is 3. The number of nitrogens with zero attached hydrogens (tertiary/aromatic N) is 3. The van der Waals surface area contributed by atoms with E-state index in [0.29, 0.717) is 5.56 Å². The lowest BCUT2D eigenvalue weighted by atomic mass is 9.99. The van der Waals surface area contributed by atoms with Gasteiger partial charge in [-0.25, -0.2) is 9.97 Å². The minimum Gasteiger partial charge on any atom is -0.241 e. The standard InChI is InChI=1S/C14H11N3.C2H6/c1-8-3-4-10(6-15)13-12(8)5-11-7-16-9(2)17-14(11)13;1-2/h3-4,7H,5H2,1-2H3;1-2H3. The molecule has 0 atom stereocenters. The van der Waals surface area contributed by atoms with Gasteiger partial charge in [-0.2, -0.15) is 5.26 Å². The topological polar surface area (TPSA) is 49.6 Å². The van der Waals surface area contributed by atoms with Crippen LogP contribution in [0.4, 0.5) is 0 Å². The molecule has 0 amide bonds. The van der Waals surface area contributed by atoms with Gasteiger partial charge < -0.3 is 0 Å². The van der Waals surface area contributed by atoms with Crippen molar-refractivity contribution >= 4 is 0 Å². The molecule has 0 saturated heterocycles. The van der Waals surface area contributed by atoms with Gasteiger partial charge in [0.1, 0.15) is 5.82 Å². The highest BCUT2D eigenvalue weighted by molar-refractivity contribution is 5.79. The van der Waals surface area contributed by atoms with Crippen molar-refractivity contribution in [1.29, 1.82) is 5.26 Å². The Bertz CT molecular complexity index is 666. The molecule has 1 aliphatic rings. The van der Waals surface area contributed by atoms with Gasteiger partial charge in [0.15, 0.2) is 0 Å². The Morgan fingerprint density at radius 1 is 1.21 bits per heavy atom. The van der Waals surface area contributed by atoms with Crippen LogP contribution < -0.4 is 0 Å². The molecule has 0 bridgehead atoms. The summed E-state index contributed by atoms with van der Waals surface area (Å²) < 4.78 is 0. The average Bonchev–Trinajstić information content (AvgIpc) is 2.82. The van der Waals surface area contributed by atoms with E-state index in [2.05, 4.69) is 23.0 Å². The van der Waals surface area contributed by atoms with Gasteiger partial charge in [-0.15, -0.1) is 0 Å². The molecule has 0 radical (unpaired) electrons. The lowest BCUT2D eigenvalue weighted by molar-refractivity contribution is 1.03. The zero-order chi connectivity index (χ0) is 14.0. The van der Waals surface area contributed by atoms with Crippen LogP contribution in [0.3, 0.4) is 0 Å². The molecule has 0 unspecified atom stereocenters. The van der Waals surface area contributed by atoms with Crippen molar-refractivity contribution in [3.8, 4) is 17.3 Å². The highest BCUT2D eigenvalue weighted by Crippen LogP contribution is 2.38. The minimum atomic E-state index is 0.711. The number of aryl methyl sites for hydroxylation is 2. The van der Waals surface area contributed by atoms with Crippen LogP contribution in [0.2, 0.25) is 0 Å². The number of nitriles is 1. The summed E-state index contributed by atoms with van der Waals surface area (Å²) in [6.45, 7) is 7.95. The first-order chi connectivity index (χ1) is 9.20. The molecule has 3 nitrogen and oxygen atoms in total. The Kier molecular flexibility index (Phi) is 3.62. The molecule has 19 heavy (non-hydrogen) atoms. The molecule has 1 aromatic heterocycles. The van der Waals surface area contributed by atoms with Crippen molar-refractivity contribution in [2.45, 2.75) is 34.1 Å². The Morgan fingerprint density at radius 3 is 2.63 bits per heavy atom. The van der Waals surface area contributed by atoms with Crippen molar-refractivity contribution in [2.75, 3.05) is 0 Å². The van der Waals surface area contributed by atoms with E-state index in [4.69, 9.17) is 0 Å². The molecule has 96 valence electrons. The van der Waals surface area contributed by atoms with Gasteiger partial charge >= 0.3 is 0 Å². The van der Waals surface area contributed by atoms with Crippen molar-refractivity contribution < 1.29 is 0 Å². The molecule has 2 aromatic rings. The Labute approximate surface area is 114 Å². The van der Waals surface area contributed by atoms with E-state index in [1.807, 2.05) is 39.1 Å². The monoisotopic (exact) mass is 251 g/mol. The third-order valence-electron chi connectivity index (χ3n) is 3.26. The summed E-state index contributed by atoms with van der Waals surface area (Å²) in [6.07, 6.45) is 2.71. The number of benzene rings is 1. The van der Waals surface area contributed by atoms with E-state index in [-0.39, 0.29) is 0 Å². The maximum atomic E-state index is 9.19. The lowest BCUT2D eigenvalue weighted by Crippen LogP contribution is -1.93. The highest BCUT2D eigenvalue weighted by Gasteiger charge is 2.24. The van der Waals surface area contributed by atoms with Crippen molar-refractivity contribution in [3.63, 3.8) is 0 Å². The first kappa shape index (κ1) is 13.2. The Balaban J connectivity index is 0.000000637. The summed E-state index contributed by atoms with van der Waals surface area (Å²) in [4.78, 5) is 8.71. The lowest BCUT2D eigenvalue weighted by Gasteiger charge is -2.05. The number of rotatable bonds is 0. The Morgan fingerprint density at radius 2 is 1.95 bits per heavy atom. The van der Waals surface area contributed by atoms with E-state index in [1.165, 1.54) is 11.1 Å². The molecule has 3 heteroatoms. The van der Waals surface area contributed by atoms with E-state index in [0.717, 1.165) is 29.1 Å². The summed E-state index contributed by atoms with van der Waals surface area (Å²) in [5, 5.41) is 9.19. The molecular formula is C16H17N3. The van der Waals surface area contributed by atoms with Crippen LogP contribution in [-0.2, 0) is 6.42 Å². The zero-order valence-corrected chi connectivity index (χ0v) is 11.8. The molecule has 0 aliphatic heterocycles. The molecule has 0 spiro atoms. The van der Waals surface area contributed by atoms with E-state index >= 15 is 0 Å². The SMILES string of the molecule is CC.Cc1ncc2c(n1)-c1c(C#N)ccc(C)c1C2. The third kappa shape index (κ3) is 2.10. The maximum absolute atomic E-state index is 9.19. The number of aromatic nitrogens is 2. The largest absolute Gasteiger partial charge is 0.241 e. The summed E-state index contributed by atoms with van der Waals surface area (Å²) in [5.41, 5.74) is 6.22. The first-order valence-corrected chi connectivity index (χ1v) is 6.56. The molecule has 0 fully saturated rings. The van der Waals surface area contributed by atoms with Gasteiger partial charge in [-0.1, -0.05) is 19.9 Å². The molecule has 1 heterocycles. The van der Waals surface area contributed by atoms with Crippen molar-refractivity contribution in [1.82, 2.24) is 9.97 Å². The molecule has 1 aromatic carbocycles. The number of hydrogen-bond acceptors (Lipinski definition) is 3. The van der Waals surface area contributed by atoms with E-state index < -0.39 is 0 Å². The van der Waals surface area contributed by atoms with E-state index in [9.17, 15) is 5.26 Å². The van der Waals surface area contributed by atoms with Crippen molar-refractivity contribution in [3.05, 3.63) is 46.4 Å². The van der Waals surface area contributed by atoms with Crippen LogP contribution in [0.5, 0.6) is 0 Å². The van der Waals surface area contributed by atoms with Gasteiger partial charge in [0.25, 0.3) is 0 Å². The van der Waals surface area contributed by atoms with Crippen LogP contribution in [-0.4, -0.2) is 9.97 Å². The predicted molar refractivity (Wildman–Crippen MR) is 75.8 cm³/mol. The first-order valence-electron chi connectivity index (χ1n) is 6.56. The van der Waals surface area contributed by atoms with Gasteiger partial charge in [0.05, 0.1) is 17.3 Å². The van der Waals surface area contributed by atoms with Crippen LogP contribution in [0.15, 0.2) is 18.3 Å². The third-order valence-corrected chi connectivity index (χ3v) is 3.26. The highest BCUT2D eigenvalue weighted by atomic mass is 14.9.